The summed E-state index contributed by atoms with van der Waals surface area (Å²) in [6.45, 7) is 3.27. The van der Waals surface area contributed by atoms with Gasteiger partial charge in [-0.25, -0.2) is 4.39 Å². The summed E-state index contributed by atoms with van der Waals surface area (Å²) >= 11 is 0. The third-order valence-corrected chi connectivity index (χ3v) is 6.26. The average Bonchev–Trinajstić information content (AvgIpc) is 3.21. The van der Waals surface area contributed by atoms with E-state index in [9.17, 15) is 14.0 Å². The van der Waals surface area contributed by atoms with Crippen LogP contribution in [-0.2, 0) is 6.42 Å². The first-order chi connectivity index (χ1) is 15.5. The number of H-pyrrole nitrogens is 1. The summed E-state index contributed by atoms with van der Waals surface area (Å²) in [6, 6.07) is 11.4. The second kappa shape index (κ2) is 9.96. The maximum atomic E-state index is 13.5. The van der Waals surface area contributed by atoms with E-state index in [-0.39, 0.29) is 11.7 Å². The van der Waals surface area contributed by atoms with Gasteiger partial charge in [0.25, 0.3) is 5.91 Å². The lowest BCUT2D eigenvalue weighted by molar-refractivity contribution is 0.0690. The predicted octanol–water partition coefficient (Wildman–Crippen LogP) is 3.48. The fraction of sp³-hybridized carbons (Fsp3) is 0.360. The van der Waals surface area contributed by atoms with Crippen molar-refractivity contribution in [2.24, 2.45) is 11.7 Å². The number of amides is 2. The number of nitrogens with zero attached hydrogens (tertiary/aromatic N) is 1. The minimum atomic E-state index is -0.527. The topological polar surface area (TPSA) is 91.2 Å². The molecule has 0 spiro atoms. The van der Waals surface area contributed by atoms with Gasteiger partial charge in [-0.2, -0.15) is 0 Å². The number of rotatable bonds is 8. The van der Waals surface area contributed by atoms with Crippen molar-refractivity contribution in [3.05, 3.63) is 71.2 Å². The second-order valence-corrected chi connectivity index (χ2v) is 8.49. The van der Waals surface area contributed by atoms with Gasteiger partial charge in [-0.15, -0.1) is 0 Å². The van der Waals surface area contributed by atoms with Crippen LogP contribution in [0, 0.1) is 11.7 Å². The van der Waals surface area contributed by atoms with Gasteiger partial charge >= 0.3 is 0 Å². The maximum Gasteiger partial charge on any atom is 0.253 e. The van der Waals surface area contributed by atoms with Crippen LogP contribution < -0.4 is 11.1 Å². The lowest BCUT2D eigenvalue weighted by Gasteiger charge is -2.32. The van der Waals surface area contributed by atoms with Gasteiger partial charge in [0.15, 0.2) is 0 Å². The van der Waals surface area contributed by atoms with Gasteiger partial charge in [0.05, 0.1) is 0 Å². The first-order valence-corrected chi connectivity index (χ1v) is 11.2. The van der Waals surface area contributed by atoms with Crippen molar-refractivity contribution >= 4 is 22.7 Å². The zero-order valence-corrected chi connectivity index (χ0v) is 18.1. The lowest BCUT2D eigenvalue weighted by atomic mass is 9.96. The highest BCUT2D eigenvalue weighted by Gasteiger charge is 2.23. The van der Waals surface area contributed by atoms with Gasteiger partial charge in [-0.05, 0) is 86.7 Å². The Morgan fingerprint density at radius 1 is 1.12 bits per heavy atom. The number of carbonyl (C=O) groups is 2. The van der Waals surface area contributed by atoms with Gasteiger partial charge < -0.3 is 20.9 Å². The number of benzene rings is 2. The number of aromatic amines is 1. The lowest BCUT2D eigenvalue weighted by Crippen LogP contribution is -2.41. The van der Waals surface area contributed by atoms with Crippen molar-refractivity contribution in [1.82, 2.24) is 15.2 Å². The number of carbonyl (C=O) groups excluding carboxylic acids is 2. The number of nitrogens with one attached hydrogen (secondary N) is 2. The zero-order valence-electron chi connectivity index (χ0n) is 18.1. The van der Waals surface area contributed by atoms with E-state index in [0.29, 0.717) is 30.1 Å². The van der Waals surface area contributed by atoms with E-state index in [1.54, 1.807) is 36.4 Å². The number of nitrogens with two attached hydrogens (primary N) is 1. The molecule has 0 atom stereocenters. The van der Waals surface area contributed by atoms with Crippen molar-refractivity contribution in [3.63, 3.8) is 0 Å². The van der Waals surface area contributed by atoms with Gasteiger partial charge in [0.1, 0.15) is 5.82 Å². The fourth-order valence-electron chi connectivity index (χ4n) is 4.40. The third kappa shape index (κ3) is 5.16. The fourth-order valence-corrected chi connectivity index (χ4v) is 4.40. The molecule has 0 unspecified atom stereocenters. The molecule has 32 heavy (non-hydrogen) atoms. The Labute approximate surface area is 187 Å². The van der Waals surface area contributed by atoms with E-state index >= 15 is 0 Å². The molecule has 4 rings (SSSR count). The van der Waals surface area contributed by atoms with Crippen molar-refractivity contribution in [1.29, 1.82) is 0 Å². The van der Waals surface area contributed by atoms with E-state index in [1.807, 2.05) is 11.1 Å². The number of fused-ring (bicyclic) bond motifs is 1. The highest BCUT2D eigenvalue weighted by molar-refractivity contribution is 5.99. The summed E-state index contributed by atoms with van der Waals surface area (Å²) in [7, 11) is 0. The minimum absolute atomic E-state index is 0.0466. The molecule has 0 radical (unpaired) electrons. The van der Waals surface area contributed by atoms with Gasteiger partial charge in [0, 0.05) is 41.3 Å². The summed E-state index contributed by atoms with van der Waals surface area (Å²) in [4.78, 5) is 29.1. The molecule has 1 aromatic heterocycles. The van der Waals surface area contributed by atoms with E-state index in [4.69, 9.17) is 5.73 Å². The molecule has 1 aliphatic rings. The van der Waals surface area contributed by atoms with Crippen LogP contribution in [-0.4, -0.2) is 47.9 Å². The first kappa shape index (κ1) is 22.0. The monoisotopic (exact) mass is 436 g/mol. The van der Waals surface area contributed by atoms with Gasteiger partial charge in [-0.1, -0.05) is 6.07 Å². The molecule has 0 aliphatic carbocycles. The normalized spacial score (nSPS) is 14.7. The standard InChI is InChI=1S/C25H29FN4O2/c26-21-6-7-23-22(14-21)20(16-29-23)5-2-10-28-15-17-8-11-30(12-9-17)25(32)19-4-1-3-18(13-19)24(27)31/h1,3-4,6-7,13-14,16-17,28-29H,2,5,8-12,15H2,(H2,27,31). The van der Waals surface area contributed by atoms with E-state index in [1.165, 1.54) is 6.07 Å². The van der Waals surface area contributed by atoms with Crippen molar-refractivity contribution in [3.8, 4) is 0 Å². The largest absolute Gasteiger partial charge is 0.366 e. The smallest absolute Gasteiger partial charge is 0.253 e. The average molecular weight is 437 g/mol. The quantitative estimate of drug-likeness (QED) is 0.472. The van der Waals surface area contributed by atoms with Gasteiger partial charge in [-0.3, -0.25) is 9.59 Å². The first-order valence-electron chi connectivity index (χ1n) is 11.2. The molecule has 168 valence electrons. The predicted molar refractivity (Wildman–Crippen MR) is 123 cm³/mol. The number of aromatic nitrogens is 1. The number of piperidine rings is 1. The summed E-state index contributed by atoms with van der Waals surface area (Å²) < 4.78 is 13.5. The molecule has 7 heteroatoms. The van der Waals surface area contributed by atoms with E-state index < -0.39 is 5.91 Å². The summed E-state index contributed by atoms with van der Waals surface area (Å²) in [6.07, 6.45) is 5.76. The Hall–Kier alpha value is -3.19. The van der Waals surface area contributed by atoms with Gasteiger partial charge in [0.2, 0.25) is 5.91 Å². The zero-order chi connectivity index (χ0) is 22.5. The van der Waals surface area contributed by atoms with Crippen LogP contribution in [0.5, 0.6) is 0 Å². The number of likely N-dealkylation sites (tertiary alicyclic amines) is 1. The minimum Gasteiger partial charge on any atom is -0.366 e. The summed E-state index contributed by atoms with van der Waals surface area (Å²) in [5, 5.41) is 4.50. The maximum absolute atomic E-state index is 13.5. The molecule has 3 aromatic rings. The van der Waals surface area contributed by atoms with Crippen LogP contribution >= 0.6 is 0 Å². The molecule has 4 N–H and O–H groups in total. The molecular formula is C25H29FN4O2. The van der Waals surface area contributed by atoms with Crippen LogP contribution in [0.15, 0.2) is 48.7 Å². The molecule has 2 aromatic carbocycles. The summed E-state index contributed by atoms with van der Waals surface area (Å²) in [5.41, 5.74) is 8.30. The Bertz CT molecular complexity index is 1100. The number of halogens is 1. The Morgan fingerprint density at radius 2 is 1.91 bits per heavy atom. The number of hydrogen-bond donors (Lipinski definition) is 3. The molecule has 1 fully saturated rings. The van der Waals surface area contributed by atoms with Crippen molar-refractivity contribution < 1.29 is 14.0 Å². The van der Waals surface area contributed by atoms with Crippen LogP contribution in [0.3, 0.4) is 0 Å². The number of primary amides is 1. The van der Waals surface area contributed by atoms with Crippen LogP contribution in [0.1, 0.15) is 45.5 Å². The van der Waals surface area contributed by atoms with E-state index in [0.717, 1.165) is 55.2 Å². The van der Waals surface area contributed by atoms with Crippen LogP contribution in [0.25, 0.3) is 10.9 Å². The molecule has 6 nitrogen and oxygen atoms in total. The molecule has 0 saturated carbocycles. The Morgan fingerprint density at radius 3 is 2.69 bits per heavy atom. The second-order valence-electron chi connectivity index (χ2n) is 8.49. The highest BCUT2D eigenvalue weighted by Crippen LogP contribution is 2.21. The summed E-state index contributed by atoms with van der Waals surface area (Å²) in [5.74, 6) is -0.240. The third-order valence-electron chi connectivity index (χ3n) is 6.26. The van der Waals surface area contributed by atoms with E-state index in [2.05, 4.69) is 10.3 Å². The van der Waals surface area contributed by atoms with Crippen LogP contribution in [0.2, 0.25) is 0 Å². The SMILES string of the molecule is NC(=O)c1cccc(C(=O)N2CCC(CNCCCc3c[nH]c4ccc(F)cc34)CC2)c1. The van der Waals surface area contributed by atoms with Crippen molar-refractivity contribution in [2.45, 2.75) is 25.7 Å². The molecule has 0 bridgehead atoms. The van der Waals surface area contributed by atoms with Crippen molar-refractivity contribution in [2.75, 3.05) is 26.2 Å². The molecule has 1 saturated heterocycles. The highest BCUT2D eigenvalue weighted by atomic mass is 19.1. The Balaban J connectivity index is 1.18. The number of hydrogen-bond acceptors (Lipinski definition) is 3. The molecule has 2 heterocycles. The number of aryl methyl sites for hydroxylation is 1. The molecule has 1 aliphatic heterocycles. The molecule has 2 amide bonds. The van der Waals surface area contributed by atoms with Crippen LogP contribution in [0.4, 0.5) is 4.39 Å². The molecular weight excluding hydrogens is 407 g/mol. The Kier molecular flexibility index (Phi) is 6.85.